The second kappa shape index (κ2) is 9.25. The number of benzene rings is 1. The van der Waals surface area contributed by atoms with Gasteiger partial charge in [0.15, 0.2) is 0 Å². The second-order valence-electron chi connectivity index (χ2n) is 4.35. The molecule has 0 bridgehead atoms. The Labute approximate surface area is 123 Å². The molecule has 0 aliphatic heterocycles. The van der Waals surface area contributed by atoms with Crippen molar-refractivity contribution < 1.29 is 9.59 Å². The summed E-state index contributed by atoms with van der Waals surface area (Å²) in [5, 5.41) is 5.35. The highest BCUT2D eigenvalue weighted by Crippen LogP contribution is 2.04. The van der Waals surface area contributed by atoms with Crippen LogP contribution in [-0.4, -0.2) is 36.9 Å². The number of nitrogens with two attached hydrogens (primary N) is 1. The fourth-order valence-electron chi connectivity index (χ4n) is 1.56. The average molecular weight is 295 g/mol. The lowest BCUT2D eigenvalue weighted by molar-refractivity contribution is -0.120. The SMILES string of the molecule is CSCCCCNC(=O)CNC(=O)c1ccc(N)cc1. The van der Waals surface area contributed by atoms with Crippen molar-refractivity contribution in [2.24, 2.45) is 0 Å². The smallest absolute Gasteiger partial charge is 0.251 e. The van der Waals surface area contributed by atoms with Gasteiger partial charge >= 0.3 is 0 Å². The van der Waals surface area contributed by atoms with Crippen molar-refractivity contribution in [3.8, 4) is 0 Å². The van der Waals surface area contributed by atoms with Crippen LogP contribution in [0.2, 0.25) is 0 Å². The number of amides is 2. The molecule has 20 heavy (non-hydrogen) atoms. The van der Waals surface area contributed by atoms with Crippen molar-refractivity contribution in [2.75, 3.05) is 30.8 Å². The van der Waals surface area contributed by atoms with Crippen LogP contribution in [0.4, 0.5) is 5.69 Å². The molecule has 0 aliphatic rings. The van der Waals surface area contributed by atoms with Gasteiger partial charge < -0.3 is 16.4 Å². The number of hydrogen-bond donors (Lipinski definition) is 3. The maximum Gasteiger partial charge on any atom is 0.251 e. The van der Waals surface area contributed by atoms with Crippen LogP contribution in [0, 0.1) is 0 Å². The Morgan fingerprint density at radius 1 is 1.15 bits per heavy atom. The van der Waals surface area contributed by atoms with Crippen LogP contribution in [0.5, 0.6) is 0 Å². The number of carbonyl (C=O) groups excluding carboxylic acids is 2. The Balaban J connectivity index is 2.20. The molecule has 1 rings (SSSR count). The maximum atomic E-state index is 11.7. The molecule has 1 aromatic rings. The Kier molecular flexibility index (Phi) is 7.57. The molecule has 4 N–H and O–H groups in total. The summed E-state index contributed by atoms with van der Waals surface area (Å²) in [4.78, 5) is 23.3. The first-order valence-corrected chi connectivity index (χ1v) is 7.92. The molecule has 0 aromatic heterocycles. The summed E-state index contributed by atoms with van der Waals surface area (Å²) in [5.41, 5.74) is 6.64. The summed E-state index contributed by atoms with van der Waals surface area (Å²) in [6, 6.07) is 6.57. The molecule has 0 aliphatic carbocycles. The van der Waals surface area contributed by atoms with Gasteiger partial charge in [0, 0.05) is 17.8 Å². The number of nitrogen functional groups attached to an aromatic ring is 1. The molecule has 5 nitrogen and oxygen atoms in total. The molecule has 0 unspecified atom stereocenters. The lowest BCUT2D eigenvalue weighted by Crippen LogP contribution is -2.37. The fraction of sp³-hybridized carbons (Fsp3) is 0.429. The molecule has 0 fully saturated rings. The third-order valence-electron chi connectivity index (χ3n) is 2.68. The van der Waals surface area contributed by atoms with Crippen LogP contribution in [0.3, 0.4) is 0 Å². The lowest BCUT2D eigenvalue weighted by atomic mass is 10.2. The highest BCUT2D eigenvalue weighted by Gasteiger charge is 2.07. The van der Waals surface area contributed by atoms with E-state index in [-0.39, 0.29) is 18.4 Å². The number of unbranched alkanes of at least 4 members (excludes halogenated alkanes) is 1. The molecule has 0 saturated heterocycles. The van der Waals surface area contributed by atoms with E-state index in [4.69, 9.17) is 5.73 Å². The van der Waals surface area contributed by atoms with Crippen molar-refractivity contribution in [1.29, 1.82) is 0 Å². The van der Waals surface area contributed by atoms with Crippen LogP contribution in [-0.2, 0) is 4.79 Å². The first-order valence-electron chi connectivity index (χ1n) is 6.53. The van der Waals surface area contributed by atoms with Crippen molar-refractivity contribution in [1.82, 2.24) is 10.6 Å². The van der Waals surface area contributed by atoms with Crippen molar-refractivity contribution in [3.63, 3.8) is 0 Å². The zero-order chi connectivity index (χ0) is 14.8. The fourth-order valence-corrected chi connectivity index (χ4v) is 2.05. The minimum atomic E-state index is -0.275. The van der Waals surface area contributed by atoms with E-state index in [1.165, 1.54) is 0 Å². The van der Waals surface area contributed by atoms with E-state index in [9.17, 15) is 9.59 Å². The first kappa shape index (κ1) is 16.4. The molecule has 6 heteroatoms. The Morgan fingerprint density at radius 3 is 2.50 bits per heavy atom. The van der Waals surface area contributed by atoms with E-state index in [2.05, 4.69) is 16.9 Å². The summed E-state index contributed by atoms with van der Waals surface area (Å²) >= 11 is 1.79. The van der Waals surface area contributed by atoms with E-state index >= 15 is 0 Å². The predicted molar refractivity (Wildman–Crippen MR) is 83.8 cm³/mol. The highest BCUT2D eigenvalue weighted by molar-refractivity contribution is 7.98. The van der Waals surface area contributed by atoms with Gasteiger partial charge in [-0.3, -0.25) is 9.59 Å². The third-order valence-corrected chi connectivity index (χ3v) is 3.38. The van der Waals surface area contributed by atoms with Crippen molar-refractivity contribution in [2.45, 2.75) is 12.8 Å². The second-order valence-corrected chi connectivity index (χ2v) is 5.34. The van der Waals surface area contributed by atoms with Gasteiger partial charge in [-0.1, -0.05) is 0 Å². The molecule has 0 radical (unpaired) electrons. The highest BCUT2D eigenvalue weighted by atomic mass is 32.2. The average Bonchev–Trinajstić information content (AvgIpc) is 2.45. The standard InChI is InChI=1S/C14H21N3O2S/c1-20-9-3-2-8-16-13(18)10-17-14(19)11-4-6-12(15)7-5-11/h4-7H,2-3,8-10,15H2,1H3,(H,16,18)(H,17,19). The summed E-state index contributed by atoms with van der Waals surface area (Å²) in [5.74, 6) is 0.657. The minimum absolute atomic E-state index is 0.00820. The molecule has 0 heterocycles. The summed E-state index contributed by atoms with van der Waals surface area (Å²) < 4.78 is 0. The molecule has 0 spiro atoms. The molecular weight excluding hydrogens is 274 g/mol. The monoisotopic (exact) mass is 295 g/mol. The number of hydrogen-bond acceptors (Lipinski definition) is 4. The van der Waals surface area contributed by atoms with Gasteiger partial charge in [-0.2, -0.15) is 11.8 Å². The van der Waals surface area contributed by atoms with Crippen LogP contribution >= 0.6 is 11.8 Å². The molecule has 110 valence electrons. The molecular formula is C14H21N3O2S. The Hall–Kier alpha value is -1.69. The third kappa shape index (κ3) is 6.47. The number of nitrogens with one attached hydrogen (secondary N) is 2. The van der Waals surface area contributed by atoms with Crippen LogP contribution < -0.4 is 16.4 Å². The number of thioether (sulfide) groups is 1. The molecule has 2 amide bonds. The summed E-state index contributed by atoms with van der Waals surface area (Å²) in [7, 11) is 0. The zero-order valence-corrected chi connectivity index (χ0v) is 12.5. The van der Waals surface area contributed by atoms with Gasteiger partial charge in [0.2, 0.25) is 5.91 Å². The lowest BCUT2D eigenvalue weighted by Gasteiger charge is -2.07. The van der Waals surface area contributed by atoms with Gasteiger partial charge in [0.25, 0.3) is 5.91 Å². The van der Waals surface area contributed by atoms with Crippen molar-refractivity contribution >= 4 is 29.3 Å². The summed E-state index contributed by atoms with van der Waals surface area (Å²) in [6.07, 6.45) is 4.10. The van der Waals surface area contributed by atoms with Gasteiger partial charge in [0.05, 0.1) is 6.54 Å². The van der Waals surface area contributed by atoms with E-state index in [1.54, 1.807) is 36.0 Å². The summed E-state index contributed by atoms with van der Waals surface area (Å²) in [6.45, 7) is 0.642. The van der Waals surface area contributed by atoms with Crippen LogP contribution in [0.25, 0.3) is 0 Å². The van der Waals surface area contributed by atoms with Crippen molar-refractivity contribution in [3.05, 3.63) is 29.8 Å². The Bertz CT molecular complexity index is 435. The number of anilines is 1. The molecule has 0 atom stereocenters. The van der Waals surface area contributed by atoms with E-state index < -0.39 is 0 Å². The normalized spacial score (nSPS) is 10.1. The topological polar surface area (TPSA) is 84.2 Å². The van der Waals surface area contributed by atoms with E-state index in [1.807, 2.05) is 0 Å². The Morgan fingerprint density at radius 2 is 1.85 bits per heavy atom. The first-order chi connectivity index (χ1) is 9.63. The maximum absolute atomic E-state index is 11.7. The molecule has 1 aromatic carbocycles. The minimum Gasteiger partial charge on any atom is -0.399 e. The number of rotatable bonds is 8. The zero-order valence-electron chi connectivity index (χ0n) is 11.6. The quantitative estimate of drug-likeness (QED) is 0.498. The largest absolute Gasteiger partial charge is 0.399 e. The van der Waals surface area contributed by atoms with E-state index in [0.29, 0.717) is 17.8 Å². The predicted octanol–water partition coefficient (Wildman–Crippen LogP) is 1.26. The van der Waals surface area contributed by atoms with Crippen LogP contribution in [0.1, 0.15) is 23.2 Å². The van der Waals surface area contributed by atoms with Gasteiger partial charge in [-0.05, 0) is 49.1 Å². The van der Waals surface area contributed by atoms with E-state index in [0.717, 1.165) is 18.6 Å². The van der Waals surface area contributed by atoms with Gasteiger partial charge in [-0.25, -0.2) is 0 Å². The molecule has 0 saturated carbocycles. The van der Waals surface area contributed by atoms with Crippen LogP contribution in [0.15, 0.2) is 24.3 Å². The van der Waals surface area contributed by atoms with Gasteiger partial charge in [-0.15, -0.1) is 0 Å². The van der Waals surface area contributed by atoms with Gasteiger partial charge in [0.1, 0.15) is 0 Å². The number of carbonyl (C=O) groups is 2.